The molecule has 2 rings (SSSR count). The van der Waals surface area contributed by atoms with E-state index >= 15 is 0 Å². The number of likely N-dealkylation sites (N-methyl/N-ethyl adjacent to an activating group) is 1. The lowest BCUT2D eigenvalue weighted by molar-refractivity contribution is -0.119. The van der Waals surface area contributed by atoms with E-state index < -0.39 is 17.9 Å². The summed E-state index contributed by atoms with van der Waals surface area (Å²) in [5, 5.41) is 8.03. The number of ether oxygens (including phenoxy) is 1. The molecule has 2 aromatic carbocycles. The molecule has 0 aromatic heterocycles. The predicted octanol–water partition coefficient (Wildman–Crippen LogP) is 3.40. The van der Waals surface area contributed by atoms with E-state index in [1.807, 2.05) is 6.07 Å². The first kappa shape index (κ1) is 20.2. The molecule has 0 aliphatic carbocycles. The lowest BCUT2D eigenvalue weighted by Crippen LogP contribution is -2.31. The summed E-state index contributed by atoms with van der Waals surface area (Å²) in [4.78, 5) is 23.7. The maximum atomic E-state index is 14.0. The van der Waals surface area contributed by atoms with Gasteiger partial charge in [-0.25, -0.2) is 9.18 Å². The van der Waals surface area contributed by atoms with Crippen molar-refractivity contribution in [2.45, 2.75) is 26.3 Å². The molecule has 0 radical (unpaired) electrons. The molecule has 2 aromatic rings. The lowest BCUT2D eigenvalue weighted by atomic mass is 10.1. The van der Waals surface area contributed by atoms with E-state index in [0.717, 1.165) is 5.56 Å². The van der Waals surface area contributed by atoms with Gasteiger partial charge in [0.25, 0.3) is 0 Å². The van der Waals surface area contributed by atoms with Gasteiger partial charge in [0.05, 0.1) is 19.1 Å². The van der Waals surface area contributed by atoms with Crippen molar-refractivity contribution in [3.63, 3.8) is 0 Å². The number of benzene rings is 2. The van der Waals surface area contributed by atoms with Crippen LogP contribution in [0.15, 0.2) is 42.5 Å². The van der Waals surface area contributed by atoms with Crippen molar-refractivity contribution >= 4 is 17.6 Å². The van der Waals surface area contributed by atoms with Gasteiger partial charge in [-0.05, 0) is 49.2 Å². The average Bonchev–Trinajstić information content (AvgIpc) is 2.63. The molecule has 0 aliphatic heterocycles. The second-order valence-electron chi connectivity index (χ2n) is 5.99. The van der Waals surface area contributed by atoms with Crippen LogP contribution in [0.1, 0.15) is 31.0 Å². The van der Waals surface area contributed by atoms with Crippen LogP contribution in [0.25, 0.3) is 0 Å². The van der Waals surface area contributed by atoms with Gasteiger partial charge in [-0.3, -0.25) is 4.79 Å². The number of urea groups is 1. The molecule has 6 nitrogen and oxygen atoms in total. The first-order chi connectivity index (χ1) is 12.9. The Morgan fingerprint density at radius 1 is 1.19 bits per heavy atom. The van der Waals surface area contributed by atoms with Crippen LogP contribution < -0.4 is 20.7 Å². The monoisotopic (exact) mass is 373 g/mol. The number of hydrogen-bond acceptors (Lipinski definition) is 3. The largest absolute Gasteiger partial charge is 0.491 e. The van der Waals surface area contributed by atoms with Crippen molar-refractivity contribution in [2.24, 2.45) is 0 Å². The highest BCUT2D eigenvalue weighted by Gasteiger charge is 2.13. The molecule has 0 bridgehead atoms. The van der Waals surface area contributed by atoms with Crippen LogP contribution in [-0.2, 0) is 11.2 Å². The van der Waals surface area contributed by atoms with Gasteiger partial charge in [0.1, 0.15) is 0 Å². The maximum absolute atomic E-state index is 14.0. The van der Waals surface area contributed by atoms with E-state index in [4.69, 9.17) is 4.74 Å². The Morgan fingerprint density at radius 2 is 1.96 bits per heavy atom. The van der Waals surface area contributed by atoms with Gasteiger partial charge in [-0.2, -0.15) is 0 Å². The molecular formula is C20H24FN3O3. The third kappa shape index (κ3) is 5.99. The van der Waals surface area contributed by atoms with Gasteiger partial charge in [-0.15, -0.1) is 0 Å². The Morgan fingerprint density at radius 3 is 2.63 bits per heavy atom. The Kier molecular flexibility index (Phi) is 7.16. The number of carbonyl (C=O) groups is 2. The van der Waals surface area contributed by atoms with Crippen molar-refractivity contribution in [1.29, 1.82) is 0 Å². The highest BCUT2D eigenvalue weighted by molar-refractivity contribution is 5.89. The summed E-state index contributed by atoms with van der Waals surface area (Å²) in [6, 6.07) is 10.8. The first-order valence-electron chi connectivity index (χ1n) is 8.72. The van der Waals surface area contributed by atoms with Gasteiger partial charge < -0.3 is 20.7 Å². The van der Waals surface area contributed by atoms with Crippen LogP contribution in [0.2, 0.25) is 0 Å². The van der Waals surface area contributed by atoms with E-state index in [9.17, 15) is 14.0 Å². The minimum Gasteiger partial charge on any atom is -0.491 e. The minimum absolute atomic E-state index is 0.109. The van der Waals surface area contributed by atoms with E-state index in [1.165, 1.54) is 6.07 Å². The van der Waals surface area contributed by atoms with Gasteiger partial charge in [-0.1, -0.05) is 18.2 Å². The maximum Gasteiger partial charge on any atom is 0.319 e. The van der Waals surface area contributed by atoms with E-state index in [0.29, 0.717) is 17.9 Å². The van der Waals surface area contributed by atoms with Crippen LogP contribution in [0.4, 0.5) is 14.9 Å². The summed E-state index contributed by atoms with van der Waals surface area (Å²) in [6.07, 6.45) is 0.232. The first-order valence-corrected chi connectivity index (χ1v) is 8.72. The number of amides is 3. The smallest absolute Gasteiger partial charge is 0.319 e. The molecule has 1 atom stereocenters. The topological polar surface area (TPSA) is 79.5 Å². The van der Waals surface area contributed by atoms with Crippen molar-refractivity contribution in [3.05, 3.63) is 59.4 Å². The van der Waals surface area contributed by atoms with Crippen LogP contribution in [0.3, 0.4) is 0 Å². The number of anilines is 1. The van der Waals surface area contributed by atoms with Crippen molar-refractivity contribution in [2.75, 3.05) is 19.0 Å². The fourth-order valence-corrected chi connectivity index (χ4v) is 2.54. The zero-order valence-corrected chi connectivity index (χ0v) is 15.6. The fraction of sp³-hybridized carbons (Fsp3) is 0.300. The normalized spacial score (nSPS) is 11.4. The minimum atomic E-state index is -0.467. The molecule has 0 saturated carbocycles. The van der Waals surface area contributed by atoms with Gasteiger partial charge >= 0.3 is 6.03 Å². The molecule has 0 saturated heterocycles. The summed E-state index contributed by atoms with van der Waals surface area (Å²) in [5.41, 5.74) is 1.98. The summed E-state index contributed by atoms with van der Waals surface area (Å²) >= 11 is 0. The predicted molar refractivity (Wildman–Crippen MR) is 102 cm³/mol. The second kappa shape index (κ2) is 9.56. The SMILES string of the molecule is CCOc1ccc([C@@H](C)NC(=O)Nc2cccc(CC(=O)NC)c2)cc1F. The third-order valence-electron chi connectivity index (χ3n) is 3.93. The van der Waals surface area contributed by atoms with Crippen LogP contribution >= 0.6 is 0 Å². The highest BCUT2D eigenvalue weighted by Crippen LogP contribution is 2.22. The molecule has 0 aliphatic rings. The molecule has 144 valence electrons. The standard InChI is InChI=1S/C20H24FN3O3/c1-4-27-18-9-8-15(12-17(18)21)13(2)23-20(26)24-16-7-5-6-14(10-16)11-19(25)22-3/h5-10,12-13H,4,11H2,1-3H3,(H,22,25)(H2,23,24,26)/t13-/m1/s1. The van der Waals surface area contributed by atoms with Crippen molar-refractivity contribution in [3.8, 4) is 5.75 Å². The van der Waals surface area contributed by atoms with Crippen molar-refractivity contribution < 1.29 is 18.7 Å². The fourth-order valence-electron chi connectivity index (χ4n) is 2.54. The molecule has 0 unspecified atom stereocenters. The number of hydrogen-bond donors (Lipinski definition) is 3. The summed E-state index contributed by atoms with van der Waals surface area (Å²) in [5.74, 6) is -0.390. The zero-order valence-electron chi connectivity index (χ0n) is 15.6. The third-order valence-corrected chi connectivity index (χ3v) is 3.93. The zero-order chi connectivity index (χ0) is 19.8. The summed E-state index contributed by atoms with van der Waals surface area (Å²) < 4.78 is 19.1. The molecule has 3 amide bonds. The van der Waals surface area contributed by atoms with Crippen LogP contribution in [0.5, 0.6) is 5.75 Å². The number of nitrogens with one attached hydrogen (secondary N) is 3. The number of carbonyl (C=O) groups excluding carboxylic acids is 2. The molecule has 27 heavy (non-hydrogen) atoms. The van der Waals surface area contributed by atoms with Gasteiger partial charge in [0.15, 0.2) is 11.6 Å². The summed E-state index contributed by atoms with van der Waals surface area (Å²) in [7, 11) is 1.57. The van der Waals surface area contributed by atoms with E-state index in [-0.39, 0.29) is 18.1 Å². The molecule has 0 spiro atoms. The molecule has 7 heteroatoms. The van der Waals surface area contributed by atoms with E-state index in [2.05, 4.69) is 16.0 Å². The molecular weight excluding hydrogens is 349 g/mol. The van der Waals surface area contributed by atoms with E-state index in [1.54, 1.807) is 51.2 Å². The Hall–Kier alpha value is -3.09. The molecule has 3 N–H and O–H groups in total. The highest BCUT2D eigenvalue weighted by atomic mass is 19.1. The van der Waals surface area contributed by atoms with Gasteiger partial charge in [0, 0.05) is 12.7 Å². The molecule has 0 fully saturated rings. The Balaban J connectivity index is 1.98. The van der Waals surface area contributed by atoms with Crippen LogP contribution in [-0.4, -0.2) is 25.6 Å². The number of halogens is 1. The Bertz CT molecular complexity index is 811. The quantitative estimate of drug-likeness (QED) is 0.696. The van der Waals surface area contributed by atoms with Crippen molar-refractivity contribution in [1.82, 2.24) is 10.6 Å². The molecule has 0 heterocycles. The lowest BCUT2D eigenvalue weighted by Gasteiger charge is -2.16. The average molecular weight is 373 g/mol. The Labute approximate surface area is 158 Å². The second-order valence-corrected chi connectivity index (χ2v) is 5.99. The summed E-state index contributed by atoms with van der Waals surface area (Å²) in [6.45, 7) is 3.92. The van der Waals surface area contributed by atoms with Crippen LogP contribution in [0, 0.1) is 5.82 Å². The van der Waals surface area contributed by atoms with Gasteiger partial charge in [0.2, 0.25) is 5.91 Å². The number of rotatable bonds is 7.